The molecular formula is C8H11FN2O2S. The highest BCUT2D eigenvalue weighted by Crippen LogP contribution is 2.17. The predicted molar refractivity (Wildman–Crippen MR) is 50.6 cm³/mol. The topological polar surface area (TPSA) is 59.1 Å². The van der Waals surface area contributed by atoms with Crippen LogP contribution in [0.1, 0.15) is 17.9 Å². The number of aromatic nitrogens is 1. The Morgan fingerprint density at radius 2 is 2.14 bits per heavy atom. The third-order valence-electron chi connectivity index (χ3n) is 1.92. The molecule has 0 fully saturated rings. The van der Waals surface area contributed by atoms with Crippen LogP contribution < -0.4 is 4.72 Å². The van der Waals surface area contributed by atoms with E-state index in [9.17, 15) is 12.8 Å². The number of hydrogen-bond acceptors (Lipinski definition) is 3. The highest BCUT2D eigenvalue weighted by atomic mass is 32.2. The molecule has 78 valence electrons. The number of sulfonamides is 1. The van der Waals surface area contributed by atoms with E-state index in [-0.39, 0.29) is 0 Å². The summed E-state index contributed by atoms with van der Waals surface area (Å²) in [7, 11) is -2.07. The van der Waals surface area contributed by atoms with Crippen LogP contribution in [0.25, 0.3) is 0 Å². The first kappa shape index (κ1) is 11.1. The fourth-order valence-corrected chi connectivity index (χ4v) is 1.77. The first-order chi connectivity index (χ1) is 6.47. The highest BCUT2D eigenvalue weighted by molar-refractivity contribution is 7.89. The first-order valence-electron chi connectivity index (χ1n) is 4.01. The minimum Gasteiger partial charge on any atom is -0.257 e. The molecule has 14 heavy (non-hydrogen) atoms. The maximum Gasteiger partial charge on any atom is 0.219 e. The second-order valence-corrected chi connectivity index (χ2v) is 5.00. The van der Waals surface area contributed by atoms with E-state index in [1.165, 1.54) is 26.1 Å². The van der Waals surface area contributed by atoms with Crippen molar-refractivity contribution in [1.82, 2.24) is 9.71 Å². The molecule has 1 rings (SSSR count). The fourth-order valence-electron chi connectivity index (χ4n) is 0.963. The van der Waals surface area contributed by atoms with E-state index in [1.807, 2.05) is 0 Å². The Kier molecular flexibility index (Phi) is 3.17. The maximum atomic E-state index is 12.5. The van der Waals surface area contributed by atoms with Gasteiger partial charge < -0.3 is 0 Å². The van der Waals surface area contributed by atoms with Crippen LogP contribution in [-0.2, 0) is 10.0 Å². The molecule has 1 aromatic heterocycles. The van der Waals surface area contributed by atoms with E-state index in [4.69, 9.17) is 0 Å². The Labute approximate surface area is 82.2 Å². The molecule has 1 heterocycles. The van der Waals surface area contributed by atoms with Crippen LogP contribution in [0.15, 0.2) is 18.3 Å². The molecule has 0 aliphatic heterocycles. The second kappa shape index (κ2) is 4.02. The lowest BCUT2D eigenvalue weighted by Crippen LogP contribution is -2.24. The van der Waals surface area contributed by atoms with Gasteiger partial charge in [-0.05, 0) is 26.1 Å². The van der Waals surface area contributed by atoms with Gasteiger partial charge in [-0.3, -0.25) is 4.98 Å². The zero-order valence-corrected chi connectivity index (χ0v) is 8.68. The lowest BCUT2D eigenvalue weighted by Gasteiger charge is -2.10. The smallest absolute Gasteiger partial charge is 0.219 e. The van der Waals surface area contributed by atoms with E-state index < -0.39 is 21.1 Å². The molecule has 0 saturated carbocycles. The zero-order chi connectivity index (χ0) is 10.8. The summed E-state index contributed by atoms with van der Waals surface area (Å²) in [5.74, 6) is -0.484. The summed E-state index contributed by atoms with van der Waals surface area (Å²) in [6, 6.07) is 2.54. The molecule has 4 nitrogen and oxygen atoms in total. The molecule has 1 aromatic rings. The normalized spacial score (nSPS) is 13.9. The van der Waals surface area contributed by atoms with E-state index in [2.05, 4.69) is 9.71 Å². The Morgan fingerprint density at radius 3 is 2.57 bits per heavy atom. The van der Waals surface area contributed by atoms with Gasteiger partial charge in [0.1, 0.15) is 11.1 Å². The summed E-state index contributed by atoms with van der Waals surface area (Å²) >= 11 is 0. The zero-order valence-electron chi connectivity index (χ0n) is 7.86. The first-order valence-corrected chi connectivity index (χ1v) is 5.56. The van der Waals surface area contributed by atoms with Crippen LogP contribution in [0.2, 0.25) is 0 Å². The van der Waals surface area contributed by atoms with Crippen molar-refractivity contribution in [3.05, 3.63) is 29.8 Å². The molecule has 6 heteroatoms. The van der Waals surface area contributed by atoms with Gasteiger partial charge in [-0.2, -0.15) is 0 Å². The summed E-state index contributed by atoms with van der Waals surface area (Å²) in [5, 5.41) is -0.784. The van der Waals surface area contributed by atoms with Crippen molar-refractivity contribution in [3.8, 4) is 0 Å². The molecule has 0 radical (unpaired) electrons. The van der Waals surface area contributed by atoms with Gasteiger partial charge in [0.05, 0.1) is 11.9 Å². The molecule has 0 saturated heterocycles. The second-order valence-electron chi connectivity index (χ2n) is 2.79. The number of pyridine rings is 1. The molecule has 1 unspecified atom stereocenters. The van der Waals surface area contributed by atoms with Gasteiger partial charge in [0.2, 0.25) is 10.0 Å². The van der Waals surface area contributed by atoms with Crippen LogP contribution in [0.4, 0.5) is 4.39 Å². The minimum absolute atomic E-state index is 0.320. The van der Waals surface area contributed by atoms with E-state index >= 15 is 0 Å². The number of nitrogens with one attached hydrogen (secondary N) is 1. The fraction of sp³-hybridized carbons (Fsp3) is 0.375. The van der Waals surface area contributed by atoms with E-state index in [0.29, 0.717) is 5.69 Å². The molecule has 1 atom stereocenters. The van der Waals surface area contributed by atoms with Crippen molar-refractivity contribution in [3.63, 3.8) is 0 Å². The lowest BCUT2D eigenvalue weighted by atomic mass is 10.3. The van der Waals surface area contributed by atoms with Crippen LogP contribution in [0.5, 0.6) is 0 Å². The largest absolute Gasteiger partial charge is 0.257 e. The molecule has 0 bridgehead atoms. The quantitative estimate of drug-likeness (QED) is 0.817. The van der Waals surface area contributed by atoms with Gasteiger partial charge >= 0.3 is 0 Å². The molecule has 0 aliphatic carbocycles. The Hall–Kier alpha value is -1.01. The van der Waals surface area contributed by atoms with Crippen molar-refractivity contribution in [1.29, 1.82) is 0 Å². The summed E-state index contributed by atoms with van der Waals surface area (Å²) in [6.45, 7) is 1.49. The molecule has 0 amide bonds. The molecule has 0 aromatic carbocycles. The molecule has 1 N–H and O–H groups in total. The average Bonchev–Trinajstić information content (AvgIpc) is 2.18. The third-order valence-corrected chi connectivity index (χ3v) is 3.66. The number of rotatable bonds is 3. The van der Waals surface area contributed by atoms with Gasteiger partial charge in [0.15, 0.2) is 0 Å². The maximum absolute atomic E-state index is 12.5. The third kappa shape index (κ3) is 2.27. The highest BCUT2D eigenvalue weighted by Gasteiger charge is 2.21. The van der Waals surface area contributed by atoms with Crippen molar-refractivity contribution in [2.24, 2.45) is 0 Å². The minimum atomic E-state index is -3.40. The van der Waals surface area contributed by atoms with Gasteiger partial charge in [0, 0.05) is 0 Å². The van der Waals surface area contributed by atoms with Crippen LogP contribution in [0, 0.1) is 5.82 Å². The van der Waals surface area contributed by atoms with Gasteiger partial charge in [0.25, 0.3) is 0 Å². The Morgan fingerprint density at radius 1 is 1.50 bits per heavy atom. The average molecular weight is 218 g/mol. The molecular weight excluding hydrogens is 207 g/mol. The SMILES string of the molecule is CNS(=O)(=O)C(C)c1ccc(F)cn1. The van der Waals surface area contributed by atoms with Gasteiger partial charge in [-0.25, -0.2) is 17.5 Å². The molecule has 0 aliphatic rings. The number of halogens is 1. The van der Waals surface area contributed by atoms with Gasteiger partial charge in [-0.1, -0.05) is 0 Å². The van der Waals surface area contributed by atoms with Crippen molar-refractivity contribution >= 4 is 10.0 Å². The predicted octanol–water partition coefficient (Wildman–Crippen LogP) is 0.831. The van der Waals surface area contributed by atoms with Crippen molar-refractivity contribution in [2.75, 3.05) is 7.05 Å². The Bertz CT molecular complexity index is 402. The van der Waals surface area contributed by atoms with Gasteiger partial charge in [-0.15, -0.1) is 0 Å². The van der Waals surface area contributed by atoms with Crippen molar-refractivity contribution < 1.29 is 12.8 Å². The summed E-state index contributed by atoms with van der Waals surface area (Å²) in [6.07, 6.45) is 0.997. The molecule has 0 spiro atoms. The van der Waals surface area contributed by atoms with Crippen molar-refractivity contribution in [2.45, 2.75) is 12.2 Å². The number of hydrogen-bond donors (Lipinski definition) is 1. The standard InChI is InChI=1S/C8H11FN2O2S/c1-6(14(12,13)10-2)8-4-3-7(9)5-11-8/h3-6,10H,1-2H3. The lowest BCUT2D eigenvalue weighted by molar-refractivity contribution is 0.575. The van der Waals surface area contributed by atoms with Crippen LogP contribution in [-0.4, -0.2) is 20.4 Å². The van der Waals surface area contributed by atoms with Crippen LogP contribution in [0.3, 0.4) is 0 Å². The number of nitrogens with zero attached hydrogens (tertiary/aromatic N) is 1. The van der Waals surface area contributed by atoms with E-state index in [0.717, 1.165) is 6.20 Å². The summed E-state index contributed by atoms with van der Waals surface area (Å²) in [4.78, 5) is 3.70. The Balaban J connectivity index is 3.01. The summed E-state index contributed by atoms with van der Waals surface area (Å²) in [5.41, 5.74) is 0.320. The summed E-state index contributed by atoms with van der Waals surface area (Å²) < 4.78 is 37.4. The van der Waals surface area contributed by atoms with E-state index in [1.54, 1.807) is 0 Å². The van der Waals surface area contributed by atoms with Crippen LogP contribution >= 0.6 is 0 Å². The monoisotopic (exact) mass is 218 g/mol.